The summed E-state index contributed by atoms with van der Waals surface area (Å²) < 4.78 is 41.4. The Balaban J connectivity index is 1.29. The van der Waals surface area contributed by atoms with Crippen molar-refractivity contribution in [3.63, 3.8) is 0 Å². The molecule has 0 bridgehead atoms. The molecule has 3 aromatic rings. The van der Waals surface area contributed by atoms with E-state index >= 15 is 0 Å². The van der Waals surface area contributed by atoms with E-state index in [0.29, 0.717) is 38.4 Å². The second-order valence-corrected chi connectivity index (χ2v) is 6.88. The van der Waals surface area contributed by atoms with Gasteiger partial charge < -0.3 is 4.90 Å². The summed E-state index contributed by atoms with van der Waals surface area (Å²) in [6.45, 7) is 3.85. The third-order valence-corrected chi connectivity index (χ3v) is 4.94. The van der Waals surface area contributed by atoms with Crippen LogP contribution in [0.5, 0.6) is 0 Å². The topological polar surface area (TPSA) is 71.6 Å². The van der Waals surface area contributed by atoms with Gasteiger partial charge in [0.1, 0.15) is 5.82 Å². The maximum atomic E-state index is 12.8. The van der Waals surface area contributed by atoms with Crippen LogP contribution >= 0.6 is 0 Å². The molecule has 0 aliphatic carbocycles. The second-order valence-electron chi connectivity index (χ2n) is 6.88. The normalized spacial score (nSPS) is 15.9. The van der Waals surface area contributed by atoms with E-state index in [4.69, 9.17) is 0 Å². The van der Waals surface area contributed by atoms with Crippen LogP contribution in [0.3, 0.4) is 0 Å². The second kappa shape index (κ2) is 7.82. The van der Waals surface area contributed by atoms with E-state index in [1.54, 1.807) is 18.3 Å². The first kappa shape index (κ1) is 19.4. The molecule has 0 unspecified atom stereocenters. The fraction of sp³-hybridized carbons (Fsp3) is 0.444. The molecule has 0 aromatic carbocycles. The number of halogens is 3. The highest BCUT2D eigenvalue weighted by Gasteiger charge is 2.33. The van der Waals surface area contributed by atoms with Gasteiger partial charge in [0.25, 0.3) is 0 Å². The average Bonchev–Trinajstić information content (AvgIpc) is 3.04. The zero-order valence-corrected chi connectivity index (χ0v) is 15.6. The fourth-order valence-electron chi connectivity index (χ4n) is 3.40. The number of aryl methyl sites for hydroxylation is 1. The van der Waals surface area contributed by atoms with E-state index < -0.39 is 11.9 Å². The summed E-state index contributed by atoms with van der Waals surface area (Å²) in [5.74, 6) is 0.246. The number of fused-ring (bicyclic) bond motifs is 1. The molecule has 1 aliphatic heterocycles. The van der Waals surface area contributed by atoms with Crippen LogP contribution in [-0.4, -0.2) is 61.8 Å². The zero-order valence-electron chi connectivity index (χ0n) is 15.6. The molecule has 0 atom stereocenters. The van der Waals surface area contributed by atoms with Crippen LogP contribution in [0.15, 0.2) is 41.6 Å². The fourth-order valence-corrected chi connectivity index (χ4v) is 3.40. The van der Waals surface area contributed by atoms with Gasteiger partial charge >= 0.3 is 11.9 Å². The highest BCUT2D eigenvalue weighted by Crippen LogP contribution is 2.28. The molecule has 4 heterocycles. The summed E-state index contributed by atoms with van der Waals surface area (Å²) in [6, 6.07) is 5.41. The minimum absolute atomic E-state index is 0.159. The van der Waals surface area contributed by atoms with E-state index in [9.17, 15) is 18.0 Å². The first-order chi connectivity index (χ1) is 13.9. The van der Waals surface area contributed by atoms with Gasteiger partial charge in [0.05, 0.1) is 12.4 Å². The molecule has 8 nitrogen and oxygen atoms in total. The Morgan fingerprint density at radius 1 is 1.03 bits per heavy atom. The average molecular weight is 407 g/mol. The number of hydrogen-bond acceptors (Lipinski definition) is 6. The summed E-state index contributed by atoms with van der Waals surface area (Å²) in [5, 5.41) is 4.31. The van der Waals surface area contributed by atoms with Crippen molar-refractivity contribution in [3.8, 4) is 0 Å². The smallest absolute Gasteiger partial charge is 0.353 e. The molecular weight excluding hydrogens is 387 g/mol. The molecule has 4 rings (SSSR count). The number of pyridine rings is 1. The van der Waals surface area contributed by atoms with Gasteiger partial charge in [-0.1, -0.05) is 6.07 Å². The summed E-state index contributed by atoms with van der Waals surface area (Å²) in [7, 11) is 0. The Bertz CT molecular complexity index is 1040. The Morgan fingerprint density at radius 3 is 2.55 bits per heavy atom. The Hall–Kier alpha value is -2.95. The summed E-state index contributed by atoms with van der Waals surface area (Å²) in [5.41, 5.74) is -0.517. The van der Waals surface area contributed by atoms with Gasteiger partial charge in [-0.25, -0.2) is 14.5 Å². The zero-order chi connectivity index (χ0) is 20.4. The molecule has 0 radical (unpaired) electrons. The molecule has 1 fully saturated rings. The third-order valence-electron chi connectivity index (χ3n) is 4.94. The molecule has 0 N–H and O–H groups in total. The van der Waals surface area contributed by atoms with Gasteiger partial charge in [-0.15, -0.1) is 5.10 Å². The van der Waals surface area contributed by atoms with Crippen molar-refractivity contribution in [3.05, 3.63) is 53.0 Å². The quantitative estimate of drug-likeness (QED) is 0.639. The van der Waals surface area contributed by atoms with Crippen molar-refractivity contribution in [1.29, 1.82) is 0 Å². The monoisotopic (exact) mass is 407 g/mol. The van der Waals surface area contributed by atoms with Crippen LogP contribution in [-0.2, 0) is 12.7 Å². The lowest BCUT2D eigenvalue weighted by Crippen LogP contribution is -2.47. The molecule has 0 saturated carbocycles. The minimum atomic E-state index is -4.50. The van der Waals surface area contributed by atoms with Crippen LogP contribution in [0, 0.1) is 0 Å². The number of nitrogens with zero attached hydrogens (tertiary/aromatic N) is 7. The van der Waals surface area contributed by atoms with Gasteiger partial charge in [-0.3, -0.25) is 14.3 Å². The summed E-state index contributed by atoms with van der Waals surface area (Å²) >= 11 is 0. The first-order valence-corrected chi connectivity index (χ1v) is 9.32. The number of anilines is 1. The molecule has 0 spiro atoms. The Morgan fingerprint density at radius 2 is 1.83 bits per heavy atom. The van der Waals surface area contributed by atoms with Gasteiger partial charge in [0.15, 0.2) is 11.3 Å². The molecule has 29 heavy (non-hydrogen) atoms. The van der Waals surface area contributed by atoms with Crippen LogP contribution in [0.2, 0.25) is 0 Å². The summed E-state index contributed by atoms with van der Waals surface area (Å²) in [6.07, 6.45) is 0.0484. The van der Waals surface area contributed by atoms with Crippen molar-refractivity contribution >= 4 is 11.5 Å². The number of aromatic nitrogens is 5. The van der Waals surface area contributed by atoms with Crippen LogP contribution in [0.25, 0.3) is 5.65 Å². The highest BCUT2D eigenvalue weighted by atomic mass is 19.4. The standard InChI is InChI=1S/C18H20F3N7O/c19-18(20,21)14-12-22-13-16(23-14)26-10-8-25(9-11-26)5-3-7-28-17(29)27-6-2-1-4-15(27)24-28/h1-2,4,6,12-13H,3,5,7-11H2. The number of piperazine rings is 1. The van der Waals surface area contributed by atoms with E-state index in [2.05, 4.69) is 20.0 Å². The van der Waals surface area contributed by atoms with Crippen molar-refractivity contribution in [1.82, 2.24) is 29.0 Å². The number of hydrogen-bond donors (Lipinski definition) is 0. The van der Waals surface area contributed by atoms with E-state index in [0.717, 1.165) is 19.2 Å². The largest absolute Gasteiger partial charge is 0.434 e. The maximum absolute atomic E-state index is 12.8. The molecular formula is C18H20F3N7O. The highest BCUT2D eigenvalue weighted by molar-refractivity contribution is 5.37. The van der Waals surface area contributed by atoms with Crippen LogP contribution < -0.4 is 10.6 Å². The third kappa shape index (κ3) is 4.24. The predicted molar refractivity (Wildman–Crippen MR) is 99.8 cm³/mol. The lowest BCUT2D eigenvalue weighted by Gasteiger charge is -2.35. The lowest BCUT2D eigenvalue weighted by molar-refractivity contribution is -0.141. The van der Waals surface area contributed by atoms with Gasteiger partial charge in [-0.2, -0.15) is 13.2 Å². The molecule has 3 aromatic heterocycles. The van der Waals surface area contributed by atoms with Gasteiger partial charge in [-0.05, 0) is 18.6 Å². The van der Waals surface area contributed by atoms with Gasteiger partial charge in [0, 0.05) is 45.5 Å². The molecule has 1 aliphatic rings. The van der Waals surface area contributed by atoms with E-state index in [1.165, 1.54) is 15.3 Å². The predicted octanol–water partition coefficient (Wildman–Crippen LogP) is 1.52. The SMILES string of the molecule is O=c1n(CCCN2CCN(c3cncc(C(F)(F)F)n3)CC2)nc2ccccn12. The van der Waals surface area contributed by atoms with Crippen molar-refractivity contribution in [2.45, 2.75) is 19.1 Å². The minimum Gasteiger partial charge on any atom is -0.353 e. The maximum Gasteiger partial charge on any atom is 0.434 e. The van der Waals surface area contributed by atoms with Crippen molar-refractivity contribution < 1.29 is 13.2 Å². The van der Waals surface area contributed by atoms with Crippen molar-refractivity contribution in [2.24, 2.45) is 0 Å². The molecule has 154 valence electrons. The van der Waals surface area contributed by atoms with Gasteiger partial charge in [0.2, 0.25) is 0 Å². The Kier molecular flexibility index (Phi) is 5.22. The molecule has 11 heteroatoms. The summed E-state index contributed by atoms with van der Waals surface area (Å²) in [4.78, 5) is 23.7. The first-order valence-electron chi connectivity index (χ1n) is 9.32. The van der Waals surface area contributed by atoms with E-state index in [1.807, 2.05) is 11.0 Å². The number of alkyl halides is 3. The Labute approximate surface area is 164 Å². The molecule has 0 amide bonds. The van der Waals surface area contributed by atoms with E-state index in [-0.39, 0.29) is 11.5 Å². The van der Waals surface area contributed by atoms with Crippen LogP contribution in [0.1, 0.15) is 12.1 Å². The molecule has 1 saturated heterocycles. The lowest BCUT2D eigenvalue weighted by atomic mass is 10.3. The van der Waals surface area contributed by atoms with Crippen LogP contribution in [0.4, 0.5) is 19.0 Å². The number of rotatable bonds is 5. The van der Waals surface area contributed by atoms with Crippen molar-refractivity contribution in [2.75, 3.05) is 37.6 Å².